The van der Waals surface area contributed by atoms with Gasteiger partial charge in [-0.2, -0.15) is 0 Å². The van der Waals surface area contributed by atoms with Gasteiger partial charge in [-0.05, 0) is 38.9 Å². The molecule has 1 aromatic rings. The molecule has 1 aliphatic heterocycles. The van der Waals surface area contributed by atoms with Crippen molar-refractivity contribution in [3.05, 3.63) is 35.4 Å². The summed E-state index contributed by atoms with van der Waals surface area (Å²) in [5.41, 5.74) is -1.57. The first-order valence-corrected chi connectivity index (χ1v) is 5.81. The van der Waals surface area contributed by atoms with Crippen LogP contribution in [0.25, 0.3) is 0 Å². The van der Waals surface area contributed by atoms with Gasteiger partial charge in [0, 0.05) is 12.6 Å². The van der Waals surface area contributed by atoms with Crippen LogP contribution in [0, 0.1) is 11.6 Å². The summed E-state index contributed by atoms with van der Waals surface area (Å²) in [5, 5.41) is 10.5. The van der Waals surface area contributed by atoms with Gasteiger partial charge in [0.2, 0.25) is 0 Å². The third-order valence-electron chi connectivity index (χ3n) is 3.69. The molecule has 2 nitrogen and oxygen atoms in total. The number of aliphatic hydroxyl groups is 1. The number of halogens is 2. The van der Waals surface area contributed by atoms with Crippen molar-refractivity contribution in [2.75, 3.05) is 13.6 Å². The van der Waals surface area contributed by atoms with Crippen LogP contribution < -0.4 is 0 Å². The highest BCUT2D eigenvalue weighted by molar-refractivity contribution is 5.27. The van der Waals surface area contributed by atoms with E-state index in [1.165, 1.54) is 18.2 Å². The van der Waals surface area contributed by atoms with Gasteiger partial charge in [0.15, 0.2) is 0 Å². The Balaban J connectivity index is 2.39. The third kappa shape index (κ3) is 2.19. The second-order valence-corrected chi connectivity index (χ2v) is 4.91. The fourth-order valence-electron chi connectivity index (χ4n) is 2.50. The molecule has 17 heavy (non-hydrogen) atoms. The van der Waals surface area contributed by atoms with E-state index < -0.39 is 17.2 Å². The quantitative estimate of drug-likeness (QED) is 0.815. The van der Waals surface area contributed by atoms with Crippen LogP contribution in [0.15, 0.2) is 18.2 Å². The Kier molecular flexibility index (Phi) is 3.19. The molecule has 2 rings (SSSR count). The van der Waals surface area contributed by atoms with Crippen molar-refractivity contribution in [2.24, 2.45) is 0 Å². The summed E-state index contributed by atoms with van der Waals surface area (Å²) in [6, 6.07) is 3.81. The highest BCUT2D eigenvalue weighted by Crippen LogP contribution is 2.37. The standard InChI is InChI=1S/C13H17F2NO/c1-9-8-13(17,6-7-16(9)2)12-10(14)4-3-5-11(12)15/h3-5,9,17H,6-8H2,1-2H3. The number of hydrogen-bond donors (Lipinski definition) is 1. The fraction of sp³-hybridized carbons (Fsp3) is 0.538. The second kappa shape index (κ2) is 4.35. The zero-order valence-electron chi connectivity index (χ0n) is 10.1. The molecule has 1 saturated heterocycles. The van der Waals surface area contributed by atoms with E-state index >= 15 is 0 Å². The molecule has 1 N–H and O–H groups in total. The maximum absolute atomic E-state index is 13.7. The van der Waals surface area contributed by atoms with Crippen LogP contribution >= 0.6 is 0 Å². The summed E-state index contributed by atoms with van der Waals surface area (Å²) >= 11 is 0. The zero-order valence-corrected chi connectivity index (χ0v) is 10.1. The third-order valence-corrected chi connectivity index (χ3v) is 3.69. The smallest absolute Gasteiger partial charge is 0.132 e. The second-order valence-electron chi connectivity index (χ2n) is 4.91. The molecule has 1 aliphatic rings. The number of piperidine rings is 1. The Hall–Kier alpha value is -1.00. The van der Waals surface area contributed by atoms with Crippen molar-refractivity contribution in [3.63, 3.8) is 0 Å². The van der Waals surface area contributed by atoms with E-state index in [2.05, 4.69) is 4.90 Å². The fourth-order valence-corrected chi connectivity index (χ4v) is 2.50. The molecule has 2 unspecified atom stereocenters. The average Bonchev–Trinajstić information content (AvgIpc) is 2.24. The average molecular weight is 241 g/mol. The van der Waals surface area contributed by atoms with Crippen LogP contribution in [-0.4, -0.2) is 29.6 Å². The molecule has 1 fully saturated rings. The Labute approximate surface area is 99.9 Å². The van der Waals surface area contributed by atoms with Crippen LogP contribution in [0.5, 0.6) is 0 Å². The largest absolute Gasteiger partial charge is 0.385 e. The van der Waals surface area contributed by atoms with Crippen molar-refractivity contribution in [2.45, 2.75) is 31.4 Å². The Morgan fingerprint density at radius 1 is 1.35 bits per heavy atom. The minimum Gasteiger partial charge on any atom is -0.385 e. The lowest BCUT2D eigenvalue weighted by atomic mass is 9.81. The SMILES string of the molecule is CC1CC(O)(c2c(F)cccc2F)CCN1C. The maximum Gasteiger partial charge on any atom is 0.132 e. The van der Waals surface area contributed by atoms with Crippen molar-refractivity contribution in [1.82, 2.24) is 4.90 Å². The highest BCUT2D eigenvalue weighted by Gasteiger charge is 2.40. The highest BCUT2D eigenvalue weighted by atomic mass is 19.1. The van der Waals surface area contributed by atoms with Gasteiger partial charge >= 0.3 is 0 Å². The van der Waals surface area contributed by atoms with Crippen LogP contribution in [0.2, 0.25) is 0 Å². The lowest BCUT2D eigenvalue weighted by molar-refractivity contribution is -0.0457. The number of likely N-dealkylation sites (tertiary alicyclic amines) is 1. The van der Waals surface area contributed by atoms with Crippen LogP contribution in [0.4, 0.5) is 8.78 Å². The van der Waals surface area contributed by atoms with Gasteiger partial charge in [-0.15, -0.1) is 0 Å². The predicted octanol–water partition coefficient (Wildman–Crippen LogP) is 2.27. The minimum absolute atomic E-state index is 0.104. The molecule has 0 saturated carbocycles. The topological polar surface area (TPSA) is 23.5 Å². The van der Waals surface area contributed by atoms with Crippen molar-refractivity contribution < 1.29 is 13.9 Å². The van der Waals surface area contributed by atoms with E-state index in [4.69, 9.17) is 0 Å². The Bertz CT molecular complexity index is 404. The van der Waals surface area contributed by atoms with Gasteiger partial charge in [-0.3, -0.25) is 0 Å². The lowest BCUT2D eigenvalue weighted by Crippen LogP contribution is -2.46. The summed E-state index contributed by atoms with van der Waals surface area (Å²) in [7, 11) is 1.95. The molecule has 1 aromatic carbocycles. The Morgan fingerprint density at radius 2 is 1.94 bits per heavy atom. The molecule has 0 spiro atoms. The van der Waals surface area contributed by atoms with Crippen molar-refractivity contribution >= 4 is 0 Å². The summed E-state index contributed by atoms with van der Waals surface area (Å²) in [5.74, 6) is -1.33. The molecular formula is C13H17F2NO. The molecule has 2 atom stereocenters. The number of nitrogens with zero attached hydrogens (tertiary/aromatic N) is 1. The molecule has 94 valence electrons. The predicted molar refractivity (Wildman–Crippen MR) is 61.6 cm³/mol. The first-order valence-electron chi connectivity index (χ1n) is 5.81. The van der Waals surface area contributed by atoms with E-state index in [-0.39, 0.29) is 11.6 Å². The van der Waals surface area contributed by atoms with Gasteiger partial charge in [0.05, 0.1) is 11.2 Å². The molecule has 0 bridgehead atoms. The number of rotatable bonds is 1. The number of hydrogen-bond acceptors (Lipinski definition) is 2. The van der Waals surface area contributed by atoms with E-state index in [0.717, 1.165) is 0 Å². The van der Waals surface area contributed by atoms with Gasteiger partial charge in [0.1, 0.15) is 11.6 Å². The normalized spacial score (nSPS) is 30.5. The van der Waals surface area contributed by atoms with E-state index in [0.29, 0.717) is 19.4 Å². The lowest BCUT2D eigenvalue weighted by Gasteiger charge is -2.41. The van der Waals surface area contributed by atoms with Crippen LogP contribution in [0.1, 0.15) is 25.3 Å². The summed E-state index contributed by atoms with van der Waals surface area (Å²) in [6.07, 6.45) is 0.701. The maximum atomic E-state index is 13.7. The van der Waals surface area contributed by atoms with Gasteiger partial charge < -0.3 is 10.0 Å². The van der Waals surface area contributed by atoms with E-state index in [1.807, 2.05) is 14.0 Å². The number of benzene rings is 1. The van der Waals surface area contributed by atoms with E-state index in [9.17, 15) is 13.9 Å². The van der Waals surface area contributed by atoms with Crippen LogP contribution in [0.3, 0.4) is 0 Å². The monoisotopic (exact) mass is 241 g/mol. The summed E-state index contributed by atoms with van der Waals surface area (Å²) in [4.78, 5) is 2.08. The summed E-state index contributed by atoms with van der Waals surface area (Å²) in [6.45, 7) is 2.58. The van der Waals surface area contributed by atoms with Gasteiger partial charge in [0.25, 0.3) is 0 Å². The van der Waals surface area contributed by atoms with E-state index in [1.54, 1.807) is 0 Å². The first kappa shape index (κ1) is 12.5. The molecule has 0 aliphatic carbocycles. The van der Waals surface area contributed by atoms with Gasteiger partial charge in [-0.25, -0.2) is 8.78 Å². The zero-order chi connectivity index (χ0) is 12.6. The Morgan fingerprint density at radius 3 is 2.47 bits per heavy atom. The van der Waals surface area contributed by atoms with Crippen LogP contribution in [-0.2, 0) is 5.60 Å². The van der Waals surface area contributed by atoms with Crippen molar-refractivity contribution in [3.8, 4) is 0 Å². The minimum atomic E-state index is -1.39. The molecule has 0 amide bonds. The summed E-state index contributed by atoms with van der Waals surface area (Å²) < 4.78 is 27.4. The van der Waals surface area contributed by atoms with Crippen molar-refractivity contribution in [1.29, 1.82) is 0 Å². The first-order chi connectivity index (χ1) is 7.94. The molecule has 0 aromatic heterocycles. The van der Waals surface area contributed by atoms with Gasteiger partial charge in [-0.1, -0.05) is 6.07 Å². The molecule has 0 radical (unpaired) electrons. The molecular weight excluding hydrogens is 224 g/mol. The molecule has 1 heterocycles. The molecule has 4 heteroatoms.